The normalized spacial score (nSPS) is 10.2. The van der Waals surface area contributed by atoms with Crippen molar-refractivity contribution in [2.45, 2.75) is 0 Å². The average Bonchev–Trinajstić information content (AvgIpc) is 2.61. The quantitative estimate of drug-likeness (QED) is 0.617. The molecule has 0 radical (unpaired) electrons. The Bertz CT molecular complexity index is 943. The van der Waals surface area contributed by atoms with Gasteiger partial charge >= 0.3 is 5.69 Å². The molecule has 0 aliphatic heterocycles. The molecule has 0 saturated heterocycles. The number of nitrogens with one attached hydrogen (secondary N) is 1. The number of ether oxygens (including phenoxy) is 1. The molecule has 0 aliphatic rings. The molecule has 0 fully saturated rings. The largest absolute Gasteiger partial charge is 0.504 e. The van der Waals surface area contributed by atoms with E-state index in [1.807, 2.05) is 0 Å². The Balaban J connectivity index is 0.00000243. The summed E-state index contributed by atoms with van der Waals surface area (Å²) in [6, 6.07) is 13.6. The summed E-state index contributed by atoms with van der Waals surface area (Å²) in [6.45, 7) is 0.608. The van der Waals surface area contributed by atoms with Crippen LogP contribution in [0.5, 0.6) is 11.5 Å². The molecule has 0 atom stereocenters. The van der Waals surface area contributed by atoms with Crippen molar-refractivity contribution >= 4 is 24.0 Å². The van der Waals surface area contributed by atoms with Crippen LogP contribution in [0.2, 0.25) is 5.02 Å². The van der Waals surface area contributed by atoms with Gasteiger partial charge < -0.3 is 20.6 Å². The molecule has 0 amide bonds. The maximum absolute atomic E-state index is 12.0. The Morgan fingerprint density at radius 1 is 1.12 bits per heavy atom. The van der Waals surface area contributed by atoms with E-state index in [1.54, 1.807) is 42.5 Å². The number of H-pyrrole nitrogens is 1. The fraction of sp³-hybridized carbons (Fsp3) is 0.111. The van der Waals surface area contributed by atoms with Gasteiger partial charge in [-0.05, 0) is 36.4 Å². The lowest BCUT2D eigenvalue weighted by Crippen LogP contribution is -2.12. The predicted molar refractivity (Wildman–Crippen MR) is 104 cm³/mol. The fourth-order valence-corrected chi connectivity index (χ4v) is 2.47. The minimum Gasteiger partial charge on any atom is -0.504 e. The molecule has 136 valence electrons. The van der Waals surface area contributed by atoms with E-state index in [2.05, 4.69) is 9.97 Å². The highest BCUT2D eigenvalue weighted by Crippen LogP contribution is 2.31. The first-order valence-electron chi connectivity index (χ1n) is 7.60. The van der Waals surface area contributed by atoms with Gasteiger partial charge in [0, 0.05) is 22.7 Å². The Morgan fingerprint density at radius 3 is 2.50 bits per heavy atom. The molecule has 0 unspecified atom stereocenters. The third kappa shape index (κ3) is 4.54. The summed E-state index contributed by atoms with van der Waals surface area (Å²) in [5.41, 5.74) is 7.48. The van der Waals surface area contributed by atoms with Crippen molar-refractivity contribution in [3.05, 3.63) is 64.0 Å². The lowest BCUT2D eigenvalue weighted by molar-refractivity contribution is 0.309. The number of hydrogen-bond acceptors (Lipinski definition) is 5. The van der Waals surface area contributed by atoms with E-state index in [0.717, 1.165) is 5.56 Å². The Morgan fingerprint density at radius 2 is 1.81 bits per heavy atom. The summed E-state index contributed by atoms with van der Waals surface area (Å²) in [6.07, 6.45) is 0. The highest BCUT2D eigenvalue weighted by atomic mass is 35.5. The van der Waals surface area contributed by atoms with E-state index in [9.17, 15) is 9.90 Å². The van der Waals surface area contributed by atoms with Gasteiger partial charge in [0.25, 0.3) is 0 Å². The minimum atomic E-state index is -0.472. The van der Waals surface area contributed by atoms with Gasteiger partial charge in [0.2, 0.25) is 0 Å². The van der Waals surface area contributed by atoms with Gasteiger partial charge in [-0.3, -0.25) is 0 Å². The van der Waals surface area contributed by atoms with Gasteiger partial charge in [-0.15, -0.1) is 12.4 Å². The second kappa shape index (κ2) is 8.71. The number of phenols is 1. The monoisotopic (exact) mass is 393 g/mol. The molecular formula is C18H17Cl2N3O3. The van der Waals surface area contributed by atoms with Gasteiger partial charge in [-0.2, -0.15) is 4.98 Å². The number of benzene rings is 2. The van der Waals surface area contributed by atoms with Gasteiger partial charge in [-0.1, -0.05) is 23.7 Å². The van der Waals surface area contributed by atoms with Crippen LogP contribution in [0.1, 0.15) is 0 Å². The number of phenolic OH excluding ortho intramolecular Hbond substituents is 1. The van der Waals surface area contributed by atoms with Crippen LogP contribution in [-0.4, -0.2) is 28.2 Å². The molecule has 3 rings (SSSR count). The highest BCUT2D eigenvalue weighted by Gasteiger charge is 2.09. The third-order valence-corrected chi connectivity index (χ3v) is 3.78. The average molecular weight is 394 g/mol. The van der Waals surface area contributed by atoms with Crippen molar-refractivity contribution in [3.63, 3.8) is 0 Å². The molecule has 0 spiro atoms. The molecule has 0 saturated carbocycles. The van der Waals surface area contributed by atoms with Gasteiger partial charge in [-0.25, -0.2) is 4.79 Å². The summed E-state index contributed by atoms with van der Waals surface area (Å²) in [7, 11) is 0. The molecule has 0 aliphatic carbocycles. The first-order valence-corrected chi connectivity index (χ1v) is 7.98. The Hall–Kier alpha value is -2.54. The minimum absolute atomic E-state index is 0. The van der Waals surface area contributed by atoms with E-state index >= 15 is 0 Å². The number of halogens is 2. The fourth-order valence-electron chi connectivity index (χ4n) is 2.35. The molecule has 6 nitrogen and oxygen atoms in total. The van der Waals surface area contributed by atoms with Gasteiger partial charge in [0.05, 0.1) is 11.4 Å². The van der Waals surface area contributed by atoms with Crippen LogP contribution < -0.4 is 16.2 Å². The molecule has 3 aromatic rings. The van der Waals surface area contributed by atoms with Crippen molar-refractivity contribution in [1.82, 2.24) is 9.97 Å². The maximum Gasteiger partial charge on any atom is 0.345 e. The lowest BCUT2D eigenvalue weighted by atomic mass is 10.1. The Kier molecular flexibility index (Phi) is 6.63. The van der Waals surface area contributed by atoms with Crippen molar-refractivity contribution in [2.75, 3.05) is 13.2 Å². The van der Waals surface area contributed by atoms with E-state index in [0.29, 0.717) is 34.3 Å². The molecule has 2 aromatic carbocycles. The standard InChI is InChI=1S/C18H16ClN3O3.ClH/c19-13-4-1-11(2-5-13)14-10-15(22-18(24)21-14)12-3-6-16(23)17(9-12)25-8-7-20;/h1-6,9-10,23H,7-8,20H2,(H,21,22,24);1H. The molecule has 8 heteroatoms. The van der Waals surface area contributed by atoms with Gasteiger partial charge in [0.1, 0.15) is 6.61 Å². The maximum atomic E-state index is 12.0. The number of aromatic hydroxyl groups is 1. The van der Waals surface area contributed by atoms with Crippen LogP contribution >= 0.6 is 24.0 Å². The summed E-state index contributed by atoms with van der Waals surface area (Å²) in [5, 5.41) is 10.5. The van der Waals surface area contributed by atoms with Crippen LogP contribution in [0.3, 0.4) is 0 Å². The van der Waals surface area contributed by atoms with Crippen molar-refractivity contribution in [3.8, 4) is 34.0 Å². The number of nitrogens with zero attached hydrogens (tertiary/aromatic N) is 1. The van der Waals surface area contributed by atoms with Crippen LogP contribution in [0, 0.1) is 0 Å². The molecule has 4 N–H and O–H groups in total. The number of nitrogens with two attached hydrogens (primary N) is 1. The van der Waals surface area contributed by atoms with E-state index in [4.69, 9.17) is 22.1 Å². The number of hydrogen-bond donors (Lipinski definition) is 3. The first-order chi connectivity index (χ1) is 12.1. The lowest BCUT2D eigenvalue weighted by Gasteiger charge is -2.10. The molecule has 1 heterocycles. The zero-order valence-electron chi connectivity index (χ0n) is 13.6. The summed E-state index contributed by atoms with van der Waals surface area (Å²) in [5.74, 6) is 0.306. The molecule has 1 aromatic heterocycles. The summed E-state index contributed by atoms with van der Waals surface area (Å²) < 4.78 is 5.41. The second-order valence-electron chi connectivity index (χ2n) is 5.31. The summed E-state index contributed by atoms with van der Waals surface area (Å²) in [4.78, 5) is 18.6. The highest BCUT2D eigenvalue weighted by molar-refractivity contribution is 6.30. The number of rotatable bonds is 5. The van der Waals surface area contributed by atoms with Crippen LogP contribution in [0.4, 0.5) is 0 Å². The molecular weight excluding hydrogens is 377 g/mol. The molecule has 26 heavy (non-hydrogen) atoms. The zero-order chi connectivity index (χ0) is 17.8. The second-order valence-corrected chi connectivity index (χ2v) is 5.75. The van der Waals surface area contributed by atoms with E-state index in [1.165, 1.54) is 6.07 Å². The number of aromatic amines is 1. The molecule has 0 bridgehead atoms. The van der Waals surface area contributed by atoms with E-state index < -0.39 is 5.69 Å². The summed E-state index contributed by atoms with van der Waals surface area (Å²) >= 11 is 5.90. The smallest absolute Gasteiger partial charge is 0.345 e. The topological polar surface area (TPSA) is 101 Å². The first kappa shape index (κ1) is 19.8. The van der Waals surface area contributed by atoms with E-state index in [-0.39, 0.29) is 24.8 Å². The predicted octanol–water partition coefficient (Wildman–Crippen LogP) is 3.22. The Labute approximate surface area is 161 Å². The van der Waals surface area contributed by atoms with Crippen LogP contribution in [-0.2, 0) is 0 Å². The zero-order valence-corrected chi connectivity index (χ0v) is 15.2. The van der Waals surface area contributed by atoms with Crippen LogP contribution in [0.15, 0.2) is 53.3 Å². The van der Waals surface area contributed by atoms with Crippen molar-refractivity contribution in [2.24, 2.45) is 5.73 Å². The van der Waals surface area contributed by atoms with Crippen molar-refractivity contribution in [1.29, 1.82) is 0 Å². The SMILES string of the molecule is Cl.NCCOc1cc(-c2cc(-c3ccc(Cl)cc3)nc(=O)[nH]2)ccc1O. The van der Waals surface area contributed by atoms with Gasteiger partial charge in [0.15, 0.2) is 11.5 Å². The van der Waals surface area contributed by atoms with Crippen LogP contribution in [0.25, 0.3) is 22.5 Å². The van der Waals surface area contributed by atoms with Crippen molar-refractivity contribution < 1.29 is 9.84 Å². The number of aromatic nitrogens is 2. The third-order valence-electron chi connectivity index (χ3n) is 3.53.